The molecule has 0 unspecified atom stereocenters. The van der Waals surface area contributed by atoms with Gasteiger partial charge >= 0.3 is 0 Å². The van der Waals surface area contributed by atoms with Crippen molar-refractivity contribution in [2.24, 2.45) is 0 Å². The smallest absolute Gasteiger partial charge is 0.0702 e. The van der Waals surface area contributed by atoms with Crippen LogP contribution in [-0.4, -0.2) is 43.2 Å². The van der Waals surface area contributed by atoms with Gasteiger partial charge in [-0.3, -0.25) is 0 Å². The van der Waals surface area contributed by atoms with Crippen LogP contribution in [0, 0.1) is 6.92 Å². The molecule has 1 aromatic carbocycles. The Balaban J connectivity index is 0.000000771. The molecule has 1 heterocycles. The van der Waals surface area contributed by atoms with Crippen molar-refractivity contribution in [1.29, 1.82) is 0 Å². The molecule has 0 radical (unpaired) electrons. The van der Waals surface area contributed by atoms with Gasteiger partial charge in [-0.05, 0) is 20.0 Å². The van der Waals surface area contributed by atoms with Gasteiger partial charge in [0.05, 0.1) is 6.61 Å². The maximum Gasteiger partial charge on any atom is 0.0702 e. The highest BCUT2D eigenvalue weighted by Crippen LogP contribution is 2.23. The van der Waals surface area contributed by atoms with E-state index in [0.29, 0.717) is 0 Å². The predicted molar refractivity (Wildman–Crippen MR) is 78.2 cm³/mol. The van der Waals surface area contributed by atoms with E-state index in [-0.39, 0.29) is 6.61 Å². The van der Waals surface area contributed by atoms with Crippen molar-refractivity contribution in [3.63, 3.8) is 0 Å². The summed E-state index contributed by atoms with van der Waals surface area (Å²) < 4.78 is 0. The molecule has 0 aliphatic carbocycles. The van der Waals surface area contributed by atoms with Crippen LogP contribution in [-0.2, 0) is 6.61 Å². The van der Waals surface area contributed by atoms with E-state index in [1.807, 2.05) is 13.8 Å². The third-order valence-corrected chi connectivity index (χ3v) is 3.25. The summed E-state index contributed by atoms with van der Waals surface area (Å²) in [5.74, 6) is 0. The van der Waals surface area contributed by atoms with Crippen molar-refractivity contribution in [1.82, 2.24) is 4.90 Å². The molecule has 0 amide bonds. The number of hydrogen-bond acceptors (Lipinski definition) is 3. The number of rotatable bonds is 2. The zero-order valence-corrected chi connectivity index (χ0v) is 12.1. The Morgan fingerprint density at radius 2 is 1.72 bits per heavy atom. The summed E-state index contributed by atoms with van der Waals surface area (Å²) in [5.41, 5.74) is 3.45. The first kappa shape index (κ1) is 15.0. The molecule has 0 bridgehead atoms. The molecule has 0 aromatic heterocycles. The Labute approximate surface area is 111 Å². The number of anilines is 1. The van der Waals surface area contributed by atoms with Gasteiger partial charge in [-0.25, -0.2) is 0 Å². The number of aliphatic hydroxyl groups excluding tert-OH is 1. The van der Waals surface area contributed by atoms with Crippen molar-refractivity contribution in [2.75, 3.05) is 38.1 Å². The Morgan fingerprint density at radius 1 is 1.11 bits per heavy atom. The average molecular weight is 250 g/mol. The van der Waals surface area contributed by atoms with Crippen molar-refractivity contribution >= 4 is 5.69 Å². The normalized spacial score (nSPS) is 16.2. The summed E-state index contributed by atoms with van der Waals surface area (Å²) in [6.07, 6.45) is 0. The molecule has 1 aliphatic rings. The fourth-order valence-electron chi connectivity index (χ4n) is 2.20. The first-order valence-electron chi connectivity index (χ1n) is 6.84. The summed E-state index contributed by atoms with van der Waals surface area (Å²) in [6.45, 7) is 10.5. The van der Waals surface area contributed by atoms with Gasteiger partial charge in [0, 0.05) is 37.4 Å². The van der Waals surface area contributed by atoms with E-state index in [1.54, 1.807) is 0 Å². The summed E-state index contributed by atoms with van der Waals surface area (Å²) in [4.78, 5) is 4.70. The third kappa shape index (κ3) is 3.72. The van der Waals surface area contributed by atoms with Gasteiger partial charge < -0.3 is 14.9 Å². The maximum atomic E-state index is 9.39. The van der Waals surface area contributed by atoms with E-state index < -0.39 is 0 Å². The van der Waals surface area contributed by atoms with Crippen molar-refractivity contribution in [3.05, 3.63) is 29.3 Å². The highest BCUT2D eigenvalue weighted by Gasteiger charge is 2.16. The first-order valence-corrected chi connectivity index (χ1v) is 6.84. The lowest BCUT2D eigenvalue weighted by Crippen LogP contribution is -2.44. The monoisotopic (exact) mass is 250 g/mol. The van der Waals surface area contributed by atoms with Crippen LogP contribution in [0.4, 0.5) is 5.69 Å². The number of aryl methyl sites for hydroxylation is 1. The van der Waals surface area contributed by atoms with Gasteiger partial charge in [-0.1, -0.05) is 31.5 Å². The molecular weight excluding hydrogens is 224 g/mol. The highest BCUT2D eigenvalue weighted by atomic mass is 16.3. The number of hydrogen-bond donors (Lipinski definition) is 1. The predicted octanol–water partition coefficient (Wildman–Crippen LogP) is 2.27. The minimum absolute atomic E-state index is 0.128. The van der Waals surface area contributed by atoms with E-state index in [4.69, 9.17) is 0 Å². The lowest BCUT2D eigenvalue weighted by molar-refractivity contribution is 0.280. The Bertz CT molecular complexity index is 358. The number of benzene rings is 1. The van der Waals surface area contributed by atoms with Crippen LogP contribution in [0.5, 0.6) is 0 Å². The van der Waals surface area contributed by atoms with Gasteiger partial charge in [0.1, 0.15) is 0 Å². The van der Waals surface area contributed by atoms with Crippen LogP contribution in [0.25, 0.3) is 0 Å². The molecule has 3 heteroatoms. The lowest BCUT2D eigenvalue weighted by Gasteiger charge is -2.35. The second-order valence-corrected chi connectivity index (χ2v) is 4.58. The number of piperazine rings is 1. The highest BCUT2D eigenvalue weighted by molar-refractivity contribution is 5.55. The van der Waals surface area contributed by atoms with Gasteiger partial charge in [-0.15, -0.1) is 0 Å². The summed E-state index contributed by atoms with van der Waals surface area (Å²) >= 11 is 0. The van der Waals surface area contributed by atoms with Crippen molar-refractivity contribution in [3.8, 4) is 0 Å². The SMILES string of the molecule is CC.Cc1ccc(N2CCN(C)CC2)c(CO)c1. The molecule has 102 valence electrons. The molecule has 3 nitrogen and oxygen atoms in total. The maximum absolute atomic E-state index is 9.39. The minimum Gasteiger partial charge on any atom is -0.392 e. The average Bonchev–Trinajstić information content (AvgIpc) is 2.42. The molecule has 0 atom stereocenters. The van der Waals surface area contributed by atoms with Crippen molar-refractivity contribution < 1.29 is 5.11 Å². The lowest BCUT2D eigenvalue weighted by atomic mass is 10.1. The van der Waals surface area contributed by atoms with E-state index in [2.05, 4.69) is 42.0 Å². The van der Waals surface area contributed by atoms with E-state index >= 15 is 0 Å². The van der Waals surface area contributed by atoms with Gasteiger partial charge in [0.15, 0.2) is 0 Å². The molecule has 18 heavy (non-hydrogen) atoms. The van der Waals surface area contributed by atoms with Gasteiger partial charge in [0.2, 0.25) is 0 Å². The largest absolute Gasteiger partial charge is 0.392 e. The molecule has 1 aliphatic heterocycles. The quantitative estimate of drug-likeness (QED) is 0.872. The number of nitrogens with zero attached hydrogens (tertiary/aromatic N) is 2. The van der Waals surface area contributed by atoms with Crippen LogP contribution in [0.3, 0.4) is 0 Å². The molecule has 0 spiro atoms. The zero-order valence-electron chi connectivity index (χ0n) is 12.1. The van der Waals surface area contributed by atoms with Crippen molar-refractivity contribution in [2.45, 2.75) is 27.4 Å². The topological polar surface area (TPSA) is 26.7 Å². The Kier molecular flexibility index (Phi) is 6.16. The fraction of sp³-hybridized carbons (Fsp3) is 0.600. The van der Waals surface area contributed by atoms with Gasteiger partial charge in [-0.2, -0.15) is 0 Å². The molecule has 2 rings (SSSR count). The number of aliphatic hydroxyl groups is 1. The Hall–Kier alpha value is -1.06. The molecule has 1 aromatic rings. The van der Waals surface area contributed by atoms with E-state index in [0.717, 1.165) is 31.7 Å². The fourth-order valence-corrected chi connectivity index (χ4v) is 2.20. The van der Waals surface area contributed by atoms with Crippen LogP contribution in [0.1, 0.15) is 25.0 Å². The standard InChI is InChI=1S/C13H20N2O.C2H6/c1-11-3-4-13(12(9-11)10-16)15-7-5-14(2)6-8-15;1-2/h3-4,9,16H,5-8,10H2,1-2H3;1-2H3. The van der Waals surface area contributed by atoms with E-state index in [9.17, 15) is 5.11 Å². The Morgan fingerprint density at radius 3 is 2.28 bits per heavy atom. The van der Waals surface area contributed by atoms with Crippen LogP contribution in [0.15, 0.2) is 18.2 Å². The number of likely N-dealkylation sites (N-methyl/N-ethyl adjacent to an activating group) is 1. The summed E-state index contributed by atoms with van der Waals surface area (Å²) in [5, 5.41) is 9.39. The third-order valence-electron chi connectivity index (χ3n) is 3.25. The first-order chi connectivity index (χ1) is 8.70. The zero-order chi connectivity index (χ0) is 13.5. The minimum atomic E-state index is 0.128. The second kappa shape index (κ2) is 7.39. The molecule has 1 saturated heterocycles. The van der Waals surface area contributed by atoms with Crippen LogP contribution < -0.4 is 4.90 Å². The van der Waals surface area contributed by atoms with E-state index in [1.165, 1.54) is 11.3 Å². The van der Waals surface area contributed by atoms with Gasteiger partial charge in [0.25, 0.3) is 0 Å². The molecule has 0 saturated carbocycles. The summed E-state index contributed by atoms with van der Waals surface area (Å²) in [6, 6.07) is 6.33. The molecule has 1 fully saturated rings. The summed E-state index contributed by atoms with van der Waals surface area (Å²) in [7, 11) is 2.15. The van der Waals surface area contributed by atoms with Crippen LogP contribution >= 0.6 is 0 Å². The second-order valence-electron chi connectivity index (χ2n) is 4.58. The molecule has 1 N–H and O–H groups in total. The molecular formula is C15H26N2O. The van der Waals surface area contributed by atoms with Crippen LogP contribution in [0.2, 0.25) is 0 Å².